The van der Waals surface area contributed by atoms with Crippen molar-refractivity contribution in [1.29, 1.82) is 0 Å². The molecule has 1 aromatic heterocycles. The second-order valence-corrected chi connectivity index (χ2v) is 4.63. The number of hydrogen-bond donors (Lipinski definition) is 1. The molecule has 0 aliphatic heterocycles. The van der Waals surface area contributed by atoms with E-state index in [1.807, 2.05) is 19.2 Å². The molecule has 1 heterocycles. The maximum Gasteiger partial charge on any atom is 0.222 e. The van der Waals surface area contributed by atoms with E-state index < -0.39 is 0 Å². The van der Waals surface area contributed by atoms with E-state index in [0.29, 0.717) is 5.41 Å². The molecule has 1 saturated carbocycles. The number of aryl methyl sites for hydroxylation is 1. The number of nitrogens with one attached hydrogen (secondary N) is 1. The fraction of sp³-hybridized carbons (Fsp3) is 0.667. The summed E-state index contributed by atoms with van der Waals surface area (Å²) >= 11 is 0. The normalized spacial score (nSPS) is 17.5. The van der Waals surface area contributed by atoms with Gasteiger partial charge in [-0.2, -0.15) is 0 Å². The van der Waals surface area contributed by atoms with Gasteiger partial charge in [0, 0.05) is 18.4 Å². The molecular formula is C12H19N3. The Kier molecular flexibility index (Phi) is 2.89. The Bertz CT molecular complexity index is 331. The molecule has 0 unspecified atom stereocenters. The second kappa shape index (κ2) is 4.17. The molecule has 0 aromatic carbocycles. The van der Waals surface area contributed by atoms with Gasteiger partial charge in [-0.05, 0) is 37.7 Å². The summed E-state index contributed by atoms with van der Waals surface area (Å²) in [5.74, 6) is 0.775. The first-order valence-corrected chi connectivity index (χ1v) is 5.78. The predicted octanol–water partition coefficient (Wildman–Crippen LogP) is 2.78. The van der Waals surface area contributed by atoms with E-state index in [1.165, 1.54) is 25.7 Å². The molecule has 0 bridgehead atoms. The summed E-state index contributed by atoms with van der Waals surface area (Å²) in [7, 11) is 0. The maximum atomic E-state index is 4.34. The molecular weight excluding hydrogens is 186 g/mol. The largest absolute Gasteiger partial charge is 0.354 e. The Hall–Kier alpha value is -1.12. The summed E-state index contributed by atoms with van der Waals surface area (Å²) in [6.07, 6.45) is 7.13. The van der Waals surface area contributed by atoms with Crippen LogP contribution < -0.4 is 5.32 Å². The molecule has 0 spiro atoms. The summed E-state index contributed by atoms with van der Waals surface area (Å²) in [6, 6.07) is 1.92. The van der Waals surface area contributed by atoms with Crippen molar-refractivity contribution in [3.05, 3.63) is 18.0 Å². The van der Waals surface area contributed by atoms with Crippen molar-refractivity contribution < 1.29 is 0 Å². The number of nitrogens with zero attached hydrogens (tertiary/aromatic N) is 2. The van der Waals surface area contributed by atoms with E-state index in [9.17, 15) is 0 Å². The average Bonchev–Trinajstić information content (AvgIpc) is 2.97. The monoisotopic (exact) mass is 205 g/mol. The molecule has 1 N–H and O–H groups in total. The number of aromatic nitrogens is 2. The summed E-state index contributed by atoms with van der Waals surface area (Å²) in [6.45, 7) is 5.28. The minimum atomic E-state index is 0.557. The van der Waals surface area contributed by atoms with Gasteiger partial charge in [0.2, 0.25) is 5.95 Å². The topological polar surface area (TPSA) is 37.8 Å². The lowest BCUT2D eigenvalue weighted by Gasteiger charge is -2.14. The van der Waals surface area contributed by atoms with Gasteiger partial charge in [0.15, 0.2) is 0 Å². The van der Waals surface area contributed by atoms with E-state index in [0.717, 1.165) is 18.2 Å². The smallest absolute Gasteiger partial charge is 0.222 e. The predicted molar refractivity (Wildman–Crippen MR) is 61.8 cm³/mol. The highest BCUT2D eigenvalue weighted by Crippen LogP contribution is 2.49. The molecule has 0 amide bonds. The quantitative estimate of drug-likeness (QED) is 0.803. The van der Waals surface area contributed by atoms with Crippen molar-refractivity contribution in [3.63, 3.8) is 0 Å². The van der Waals surface area contributed by atoms with Crippen LogP contribution in [0.15, 0.2) is 12.3 Å². The van der Waals surface area contributed by atoms with Crippen LogP contribution in [-0.2, 0) is 0 Å². The van der Waals surface area contributed by atoms with Gasteiger partial charge >= 0.3 is 0 Å². The van der Waals surface area contributed by atoms with E-state index >= 15 is 0 Å². The number of hydrogen-bond acceptors (Lipinski definition) is 3. The maximum absolute atomic E-state index is 4.34. The molecule has 15 heavy (non-hydrogen) atoms. The lowest BCUT2D eigenvalue weighted by atomic mass is 10.0. The highest BCUT2D eigenvalue weighted by atomic mass is 15.1. The second-order valence-electron chi connectivity index (χ2n) is 4.63. The van der Waals surface area contributed by atoms with Crippen LogP contribution in [0.3, 0.4) is 0 Å². The van der Waals surface area contributed by atoms with Crippen molar-refractivity contribution in [1.82, 2.24) is 9.97 Å². The molecule has 3 heteroatoms. The Labute approximate surface area is 91.3 Å². The fourth-order valence-electron chi connectivity index (χ4n) is 2.02. The van der Waals surface area contributed by atoms with Gasteiger partial charge in [0.25, 0.3) is 0 Å². The highest BCUT2D eigenvalue weighted by Gasteiger charge is 2.41. The molecule has 1 aromatic rings. The third kappa shape index (κ3) is 2.67. The third-order valence-electron chi connectivity index (χ3n) is 3.15. The first kappa shape index (κ1) is 10.4. The van der Waals surface area contributed by atoms with E-state index in [4.69, 9.17) is 0 Å². The van der Waals surface area contributed by atoms with Crippen LogP contribution in [0.1, 0.15) is 38.3 Å². The lowest BCUT2D eigenvalue weighted by Crippen LogP contribution is -2.16. The van der Waals surface area contributed by atoms with Crippen LogP contribution >= 0.6 is 0 Å². The van der Waals surface area contributed by atoms with Crippen LogP contribution in [0.25, 0.3) is 0 Å². The van der Waals surface area contributed by atoms with Gasteiger partial charge in [0.1, 0.15) is 0 Å². The lowest BCUT2D eigenvalue weighted by molar-refractivity contribution is 0.484. The van der Waals surface area contributed by atoms with Crippen LogP contribution in [0, 0.1) is 12.3 Å². The van der Waals surface area contributed by atoms with Crippen molar-refractivity contribution in [2.24, 2.45) is 5.41 Å². The summed E-state index contributed by atoms with van der Waals surface area (Å²) in [5, 5.41) is 3.35. The zero-order chi connectivity index (χ0) is 10.7. The summed E-state index contributed by atoms with van der Waals surface area (Å²) in [4.78, 5) is 8.55. The van der Waals surface area contributed by atoms with Crippen molar-refractivity contribution in [2.75, 3.05) is 11.9 Å². The molecule has 1 aliphatic carbocycles. The van der Waals surface area contributed by atoms with Crippen LogP contribution in [0.4, 0.5) is 5.95 Å². The molecule has 0 saturated heterocycles. The van der Waals surface area contributed by atoms with Gasteiger partial charge in [-0.3, -0.25) is 0 Å². The fourth-order valence-corrected chi connectivity index (χ4v) is 2.02. The summed E-state index contributed by atoms with van der Waals surface area (Å²) in [5.41, 5.74) is 1.58. The minimum absolute atomic E-state index is 0.557. The Balaban J connectivity index is 1.88. The average molecular weight is 205 g/mol. The van der Waals surface area contributed by atoms with E-state index in [1.54, 1.807) is 0 Å². The SMILES string of the molecule is CCCC1(CNc2nccc(C)n2)CC1. The number of rotatable bonds is 5. The minimum Gasteiger partial charge on any atom is -0.354 e. The third-order valence-corrected chi connectivity index (χ3v) is 3.15. The molecule has 1 fully saturated rings. The molecule has 0 atom stereocenters. The van der Waals surface area contributed by atoms with Crippen LogP contribution in [-0.4, -0.2) is 16.5 Å². The van der Waals surface area contributed by atoms with Crippen molar-refractivity contribution in [3.8, 4) is 0 Å². The zero-order valence-corrected chi connectivity index (χ0v) is 9.58. The van der Waals surface area contributed by atoms with Gasteiger partial charge in [0.05, 0.1) is 0 Å². The van der Waals surface area contributed by atoms with Gasteiger partial charge in [-0.15, -0.1) is 0 Å². The Morgan fingerprint density at radius 3 is 2.87 bits per heavy atom. The zero-order valence-electron chi connectivity index (χ0n) is 9.58. The van der Waals surface area contributed by atoms with Crippen molar-refractivity contribution >= 4 is 5.95 Å². The van der Waals surface area contributed by atoms with Crippen LogP contribution in [0.2, 0.25) is 0 Å². The highest BCUT2D eigenvalue weighted by molar-refractivity contribution is 5.26. The number of anilines is 1. The molecule has 82 valence electrons. The Morgan fingerprint density at radius 2 is 2.27 bits per heavy atom. The standard InChI is InChI=1S/C12H19N3/c1-3-5-12(6-7-12)9-14-11-13-8-4-10(2)15-11/h4,8H,3,5-7,9H2,1-2H3,(H,13,14,15). The van der Waals surface area contributed by atoms with Gasteiger partial charge in [-0.25, -0.2) is 9.97 Å². The van der Waals surface area contributed by atoms with E-state index in [-0.39, 0.29) is 0 Å². The Morgan fingerprint density at radius 1 is 1.47 bits per heavy atom. The van der Waals surface area contributed by atoms with Gasteiger partial charge < -0.3 is 5.32 Å². The summed E-state index contributed by atoms with van der Waals surface area (Å²) < 4.78 is 0. The molecule has 1 aliphatic rings. The van der Waals surface area contributed by atoms with Crippen molar-refractivity contribution in [2.45, 2.75) is 39.5 Å². The molecule has 2 rings (SSSR count). The first-order valence-electron chi connectivity index (χ1n) is 5.78. The molecule has 0 radical (unpaired) electrons. The van der Waals surface area contributed by atoms with Crippen LogP contribution in [0.5, 0.6) is 0 Å². The van der Waals surface area contributed by atoms with E-state index in [2.05, 4.69) is 22.2 Å². The van der Waals surface area contributed by atoms with Gasteiger partial charge in [-0.1, -0.05) is 13.3 Å². The first-order chi connectivity index (χ1) is 7.24. The molecule has 3 nitrogen and oxygen atoms in total.